The summed E-state index contributed by atoms with van der Waals surface area (Å²) < 4.78 is 39.6. The van der Waals surface area contributed by atoms with Crippen molar-refractivity contribution in [2.24, 2.45) is 11.8 Å². The van der Waals surface area contributed by atoms with Gasteiger partial charge >= 0.3 is 6.18 Å². The minimum Gasteiger partial charge on any atom is -0.326 e. The summed E-state index contributed by atoms with van der Waals surface area (Å²) in [6.07, 6.45) is 3.07. The molecule has 0 saturated heterocycles. The lowest BCUT2D eigenvalue weighted by molar-refractivity contribution is -0.205. The van der Waals surface area contributed by atoms with E-state index in [1.165, 1.54) is 0 Å². The van der Waals surface area contributed by atoms with E-state index in [4.69, 9.17) is 0 Å². The lowest BCUT2D eigenvalue weighted by Gasteiger charge is -2.36. The van der Waals surface area contributed by atoms with Crippen molar-refractivity contribution in [3.63, 3.8) is 0 Å². The first-order valence-corrected chi connectivity index (χ1v) is 9.06. The number of nitrogens with one attached hydrogen (secondary N) is 1. The Bertz CT molecular complexity index is 1020. The zero-order valence-electron chi connectivity index (χ0n) is 15.2. The van der Waals surface area contributed by atoms with Crippen LogP contribution in [0.4, 0.5) is 18.9 Å². The van der Waals surface area contributed by atoms with Crippen molar-refractivity contribution in [1.82, 2.24) is 14.4 Å². The van der Waals surface area contributed by atoms with Crippen molar-refractivity contribution in [2.75, 3.05) is 5.32 Å². The number of rotatable bonds is 4. The highest BCUT2D eigenvalue weighted by Gasteiger charge is 2.47. The second-order valence-electron chi connectivity index (χ2n) is 7.32. The zero-order valence-corrected chi connectivity index (χ0v) is 15.2. The van der Waals surface area contributed by atoms with Crippen molar-refractivity contribution in [3.8, 4) is 11.3 Å². The van der Waals surface area contributed by atoms with Crippen LogP contribution in [0.5, 0.6) is 0 Å². The van der Waals surface area contributed by atoms with Crippen LogP contribution in [0, 0.1) is 18.8 Å². The molecule has 0 spiro atoms. The Morgan fingerprint density at radius 2 is 2.07 bits per heavy atom. The molecule has 8 heteroatoms. The summed E-state index contributed by atoms with van der Waals surface area (Å²) in [5, 5.41) is 2.80. The Hall–Kier alpha value is -2.90. The van der Waals surface area contributed by atoms with E-state index < -0.39 is 12.1 Å². The van der Waals surface area contributed by atoms with Gasteiger partial charge in [-0.3, -0.25) is 9.78 Å². The van der Waals surface area contributed by atoms with Gasteiger partial charge in [0.15, 0.2) is 5.65 Å². The fourth-order valence-corrected chi connectivity index (χ4v) is 3.58. The predicted octanol–water partition coefficient (Wildman–Crippen LogP) is 4.62. The average Bonchev–Trinajstić information content (AvgIpc) is 3.06. The lowest BCUT2D eigenvalue weighted by Crippen LogP contribution is -2.37. The van der Waals surface area contributed by atoms with E-state index in [1.54, 1.807) is 18.5 Å². The molecule has 2 heterocycles. The lowest BCUT2D eigenvalue weighted by atomic mass is 9.73. The number of halogens is 3. The van der Waals surface area contributed by atoms with E-state index in [0.717, 1.165) is 22.5 Å². The number of carbonyl (C=O) groups is 1. The molecule has 0 radical (unpaired) electrons. The van der Waals surface area contributed by atoms with Crippen molar-refractivity contribution in [1.29, 1.82) is 0 Å². The monoisotopic (exact) mass is 388 g/mol. The van der Waals surface area contributed by atoms with Gasteiger partial charge in [0.2, 0.25) is 5.91 Å². The van der Waals surface area contributed by atoms with Crippen molar-refractivity contribution in [2.45, 2.75) is 32.4 Å². The third-order valence-electron chi connectivity index (χ3n) is 5.25. The number of amides is 1. The summed E-state index contributed by atoms with van der Waals surface area (Å²) in [7, 11) is 0. The minimum absolute atomic E-state index is 0.0326. The summed E-state index contributed by atoms with van der Waals surface area (Å²) in [5.74, 6) is -1.74. The van der Waals surface area contributed by atoms with Crippen molar-refractivity contribution >= 4 is 17.2 Å². The van der Waals surface area contributed by atoms with Crippen LogP contribution in [-0.2, 0) is 4.79 Å². The van der Waals surface area contributed by atoms with Gasteiger partial charge in [0, 0.05) is 36.3 Å². The standard InChI is InChI=1S/C20H19F3N4O/c1-12-2-3-15(26-19(28)8-13-6-14(7-13)20(21,22)23)9-16(12)17-11-27-5-4-24-18(27)10-25-17/h2-5,9-11,13-14H,6-8H2,1H3,(H,26,28). The van der Waals surface area contributed by atoms with Crippen molar-refractivity contribution in [3.05, 3.63) is 48.5 Å². The highest BCUT2D eigenvalue weighted by Crippen LogP contribution is 2.46. The van der Waals surface area contributed by atoms with E-state index in [0.29, 0.717) is 5.69 Å². The highest BCUT2D eigenvalue weighted by molar-refractivity contribution is 5.91. The molecule has 1 amide bonds. The molecule has 146 valence electrons. The maximum atomic E-state index is 12.6. The minimum atomic E-state index is -4.15. The molecule has 3 aromatic rings. The topological polar surface area (TPSA) is 59.3 Å². The quantitative estimate of drug-likeness (QED) is 0.709. The summed E-state index contributed by atoms with van der Waals surface area (Å²) in [5.41, 5.74) is 3.95. The van der Waals surface area contributed by atoms with Crippen LogP contribution in [-0.4, -0.2) is 26.5 Å². The zero-order chi connectivity index (χ0) is 19.9. The third kappa shape index (κ3) is 3.72. The third-order valence-corrected chi connectivity index (χ3v) is 5.25. The molecule has 1 aliphatic carbocycles. The first-order valence-electron chi connectivity index (χ1n) is 9.06. The molecule has 0 aliphatic heterocycles. The predicted molar refractivity (Wildman–Crippen MR) is 98.7 cm³/mol. The van der Waals surface area contributed by atoms with E-state index >= 15 is 0 Å². The summed E-state index contributed by atoms with van der Waals surface area (Å²) in [4.78, 5) is 20.8. The molecular formula is C20H19F3N4O. The molecule has 0 bridgehead atoms. The van der Waals surface area contributed by atoms with E-state index in [-0.39, 0.29) is 31.1 Å². The molecule has 5 nitrogen and oxygen atoms in total. The van der Waals surface area contributed by atoms with E-state index in [1.807, 2.05) is 35.9 Å². The normalized spacial score (nSPS) is 19.4. The summed E-state index contributed by atoms with van der Waals surface area (Å²) in [6.45, 7) is 1.95. The number of alkyl halides is 3. The van der Waals surface area contributed by atoms with Gasteiger partial charge in [0.25, 0.3) is 0 Å². The Balaban J connectivity index is 1.44. The Kier molecular flexibility index (Phi) is 4.56. The molecule has 28 heavy (non-hydrogen) atoms. The SMILES string of the molecule is Cc1ccc(NC(=O)CC2CC(C(F)(F)F)C2)cc1-c1cn2ccnc2cn1. The van der Waals surface area contributed by atoms with Gasteiger partial charge < -0.3 is 9.72 Å². The average molecular weight is 388 g/mol. The number of imidazole rings is 1. The molecule has 0 unspecified atom stereocenters. The Labute approximate surface area is 159 Å². The Morgan fingerprint density at radius 3 is 2.82 bits per heavy atom. The summed E-state index contributed by atoms with van der Waals surface area (Å²) >= 11 is 0. The van der Waals surface area contributed by atoms with Crippen molar-refractivity contribution < 1.29 is 18.0 Å². The van der Waals surface area contributed by atoms with Crippen LogP contribution in [0.2, 0.25) is 0 Å². The van der Waals surface area contributed by atoms with Gasteiger partial charge in [-0.05, 0) is 43.4 Å². The first kappa shape index (κ1) is 18.5. The highest BCUT2D eigenvalue weighted by atomic mass is 19.4. The summed E-state index contributed by atoms with van der Waals surface area (Å²) in [6, 6.07) is 5.50. The maximum absolute atomic E-state index is 12.6. The molecule has 0 atom stereocenters. The van der Waals surface area contributed by atoms with Crippen LogP contribution >= 0.6 is 0 Å². The van der Waals surface area contributed by atoms with Crippen LogP contribution < -0.4 is 5.32 Å². The number of fused-ring (bicyclic) bond motifs is 1. The van der Waals surface area contributed by atoms with Crippen LogP contribution in [0.1, 0.15) is 24.8 Å². The van der Waals surface area contributed by atoms with Gasteiger partial charge in [0.1, 0.15) is 0 Å². The van der Waals surface area contributed by atoms with E-state index in [9.17, 15) is 18.0 Å². The smallest absolute Gasteiger partial charge is 0.326 e. The number of aryl methyl sites for hydroxylation is 1. The fraction of sp³-hybridized carbons (Fsp3) is 0.350. The second kappa shape index (κ2) is 6.92. The first-order chi connectivity index (χ1) is 13.3. The van der Waals surface area contributed by atoms with Crippen LogP contribution in [0.15, 0.2) is 43.0 Å². The van der Waals surface area contributed by atoms with Crippen LogP contribution in [0.3, 0.4) is 0 Å². The Morgan fingerprint density at radius 1 is 1.29 bits per heavy atom. The second-order valence-corrected chi connectivity index (χ2v) is 7.32. The molecule has 4 rings (SSSR count). The molecule has 1 fully saturated rings. The maximum Gasteiger partial charge on any atom is 0.391 e. The molecule has 1 N–H and O–H groups in total. The molecule has 1 saturated carbocycles. The van der Waals surface area contributed by atoms with Gasteiger partial charge in [-0.2, -0.15) is 13.2 Å². The number of anilines is 1. The molecule has 2 aromatic heterocycles. The number of nitrogens with zero attached hydrogens (tertiary/aromatic N) is 3. The molecular weight excluding hydrogens is 369 g/mol. The number of carbonyl (C=O) groups excluding carboxylic acids is 1. The molecule has 1 aliphatic rings. The van der Waals surface area contributed by atoms with Crippen LogP contribution in [0.25, 0.3) is 16.9 Å². The number of hydrogen-bond acceptors (Lipinski definition) is 3. The number of benzene rings is 1. The van der Waals surface area contributed by atoms with Gasteiger partial charge in [-0.25, -0.2) is 4.98 Å². The van der Waals surface area contributed by atoms with E-state index in [2.05, 4.69) is 15.3 Å². The molecule has 1 aromatic carbocycles. The fourth-order valence-electron chi connectivity index (χ4n) is 3.58. The number of hydrogen-bond donors (Lipinski definition) is 1. The van der Waals surface area contributed by atoms with Gasteiger partial charge in [-0.1, -0.05) is 6.07 Å². The largest absolute Gasteiger partial charge is 0.391 e. The number of aromatic nitrogens is 3. The van der Waals surface area contributed by atoms with Gasteiger partial charge in [-0.15, -0.1) is 0 Å². The van der Waals surface area contributed by atoms with Gasteiger partial charge in [0.05, 0.1) is 17.8 Å².